The van der Waals surface area contributed by atoms with E-state index >= 15 is 0 Å². The molecule has 96 valence electrons. The average molecular weight is 268 g/mol. The zero-order valence-electron chi connectivity index (χ0n) is 11.1. The molecule has 2 nitrogen and oxygen atoms in total. The molecule has 1 aromatic carbocycles. The molecule has 3 heteroatoms. The fraction of sp³-hybridized carbons (Fsp3) is 0.188. The van der Waals surface area contributed by atoms with Crippen LogP contribution in [0, 0.1) is 0 Å². The topological polar surface area (TPSA) is 38.9 Å². The fourth-order valence-corrected chi connectivity index (χ4v) is 3.31. The van der Waals surface area contributed by atoms with Gasteiger partial charge in [-0.15, -0.1) is 11.3 Å². The molecule has 2 N–H and O–H groups in total. The Labute approximate surface area is 116 Å². The van der Waals surface area contributed by atoms with E-state index in [1.807, 2.05) is 6.07 Å². The van der Waals surface area contributed by atoms with Gasteiger partial charge in [0.1, 0.15) is 5.82 Å². The maximum Gasteiger partial charge on any atom is 0.123 e. The molecule has 0 radical (unpaired) electrons. The van der Waals surface area contributed by atoms with Gasteiger partial charge in [0.25, 0.3) is 0 Å². The molecule has 0 aliphatic carbocycles. The number of hydrogen-bond acceptors (Lipinski definition) is 3. The lowest BCUT2D eigenvalue weighted by atomic mass is 9.97. The number of anilines is 1. The van der Waals surface area contributed by atoms with Gasteiger partial charge in [0.05, 0.1) is 5.69 Å². The van der Waals surface area contributed by atoms with Crippen molar-refractivity contribution in [1.82, 2.24) is 4.98 Å². The minimum atomic E-state index is 0.358. The van der Waals surface area contributed by atoms with Gasteiger partial charge in [0, 0.05) is 21.2 Å². The second-order valence-electron chi connectivity index (χ2n) is 4.97. The molecule has 0 amide bonds. The molecule has 0 unspecified atom stereocenters. The number of rotatable bonds is 2. The van der Waals surface area contributed by atoms with Crippen molar-refractivity contribution in [3.63, 3.8) is 0 Å². The van der Waals surface area contributed by atoms with Crippen LogP contribution in [-0.2, 0) is 0 Å². The Bertz CT molecular complexity index is 728. The van der Waals surface area contributed by atoms with Crippen LogP contribution in [0.2, 0.25) is 0 Å². The van der Waals surface area contributed by atoms with E-state index in [1.54, 1.807) is 11.3 Å². The Morgan fingerprint density at radius 3 is 2.63 bits per heavy atom. The quantitative estimate of drug-likeness (QED) is 0.733. The smallest absolute Gasteiger partial charge is 0.123 e. The van der Waals surface area contributed by atoms with Crippen LogP contribution in [0.25, 0.3) is 21.2 Å². The van der Waals surface area contributed by atoms with E-state index in [4.69, 9.17) is 5.73 Å². The Morgan fingerprint density at radius 2 is 1.84 bits per heavy atom. The second kappa shape index (κ2) is 4.67. The molecule has 2 aromatic heterocycles. The first kappa shape index (κ1) is 12.2. The van der Waals surface area contributed by atoms with Crippen LogP contribution in [-0.4, -0.2) is 4.98 Å². The van der Waals surface area contributed by atoms with Crippen molar-refractivity contribution < 1.29 is 0 Å². The molecule has 2 heterocycles. The first-order valence-corrected chi connectivity index (χ1v) is 7.28. The summed E-state index contributed by atoms with van der Waals surface area (Å²) in [6.45, 7) is 4.31. The summed E-state index contributed by atoms with van der Waals surface area (Å²) in [6.07, 6.45) is 0. The van der Waals surface area contributed by atoms with E-state index in [-0.39, 0.29) is 0 Å². The SMILES string of the molecule is CC(C)c1nc(N)ccc1-c1csc2ccccc12. The third-order valence-corrected chi connectivity index (χ3v) is 4.23. The Balaban J connectivity index is 2.27. The van der Waals surface area contributed by atoms with Gasteiger partial charge >= 0.3 is 0 Å². The molecule has 3 aromatic rings. The first-order valence-electron chi connectivity index (χ1n) is 6.40. The van der Waals surface area contributed by atoms with Crippen LogP contribution in [0.5, 0.6) is 0 Å². The molecule has 0 spiro atoms. The molecule has 0 saturated heterocycles. The van der Waals surface area contributed by atoms with Crippen molar-refractivity contribution in [3.8, 4) is 11.1 Å². The number of nitrogens with two attached hydrogens (primary N) is 1. The van der Waals surface area contributed by atoms with Gasteiger partial charge in [-0.2, -0.15) is 0 Å². The van der Waals surface area contributed by atoms with Gasteiger partial charge in [0.2, 0.25) is 0 Å². The highest BCUT2D eigenvalue weighted by Gasteiger charge is 2.14. The molecule has 0 fully saturated rings. The maximum absolute atomic E-state index is 5.82. The number of benzene rings is 1. The van der Waals surface area contributed by atoms with Crippen LogP contribution >= 0.6 is 11.3 Å². The van der Waals surface area contributed by atoms with Gasteiger partial charge in [0.15, 0.2) is 0 Å². The van der Waals surface area contributed by atoms with Crippen LogP contribution in [0.3, 0.4) is 0 Å². The predicted octanol–water partition coefficient (Wildman–Crippen LogP) is 4.67. The molecule has 19 heavy (non-hydrogen) atoms. The van der Waals surface area contributed by atoms with Crippen LogP contribution < -0.4 is 5.73 Å². The largest absolute Gasteiger partial charge is 0.384 e. The van der Waals surface area contributed by atoms with Crippen LogP contribution in [0.4, 0.5) is 5.82 Å². The summed E-state index contributed by atoms with van der Waals surface area (Å²) in [7, 11) is 0. The molecule has 0 aliphatic rings. The molecule has 0 bridgehead atoms. The summed E-state index contributed by atoms with van der Waals surface area (Å²) in [5, 5.41) is 3.50. The summed E-state index contributed by atoms with van der Waals surface area (Å²) in [4.78, 5) is 4.52. The van der Waals surface area contributed by atoms with E-state index < -0.39 is 0 Å². The van der Waals surface area contributed by atoms with Crippen LogP contribution in [0.15, 0.2) is 41.8 Å². The zero-order chi connectivity index (χ0) is 13.4. The Morgan fingerprint density at radius 1 is 1.05 bits per heavy atom. The minimum absolute atomic E-state index is 0.358. The standard InChI is InChI=1S/C16H16N2S/c1-10(2)16-12(7-8-15(17)18-16)13-9-19-14-6-4-3-5-11(13)14/h3-10H,1-2H3,(H2,17,18). The van der Waals surface area contributed by atoms with Crippen molar-refractivity contribution in [2.45, 2.75) is 19.8 Å². The molecule has 3 rings (SSSR count). The summed E-state index contributed by atoms with van der Waals surface area (Å²) in [5.74, 6) is 0.948. The van der Waals surface area contributed by atoms with Crippen molar-refractivity contribution in [1.29, 1.82) is 0 Å². The molecular weight excluding hydrogens is 252 g/mol. The monoisotopic (exact) mass is 268 g/mol. The van der Waals surface area contributed by atoms with Gasteiger partial charge in [-0.1, -0.05) is 32.0 Å². The van der Waals surface area contributed by atoms with Crippen molar-refractivity contribution in [2.24, 2.45) is 0 Å². The molecule has 0 aliphatic heterocycles. The lowest BCUT2D eigenvalue weighted by Crippen LogP contribution is -2.00. The highest BCUT2D eigenvalue weighted by atomic mass is 32.1. The van der Waals surface area contributed by atoms with Gasteiger partial charge in [-0.3, -0.25) is 0 Å². The zero-order valence-corrected chi connectivity index (χ0v) is 11.9. The van der Waals surface area contributed by atoms with E-state index in [2.05, 4.69) is 54.5 Å². The minimum Gasteiger partial charge on any atom is -0.384 e. The van der Waals surface area contributed by atoms with E-state index in [0.717, 1.165) is 5.69 Å². The second-order valence-corrected chi connectivity index (χ2v) is 5.88. The fourth-order valence-electron chi connectivity index (χ4n) is 2.34. The number of pyridine rings is 1. The van der Waals surface area contributed by atoms with E-state index in [0.29, 0.717) is 11.7 Å². The lowest BCUT2D eigenvalue weighted by molar-refractivity contribution is 0.828. The molecule has 0 saturated carbocycles. The summed E-state index contributed by atoms with van der Waals surface area (Å²) < 4.78 is 1.31. The summed E-state index contributed by atoms with van der Waals surface area (Å²) >= 11 is 1.77. The average Bonchev–Trinajstić information content (AvgIpc) is 2.82. The first-order chi connectivity index (χ1) is 9.16. The number of hydrogen-bond donors (Lipinski definition) is 1. The maximum atomic E-state index is 5.82. The highest BCUT2D eigenvalue weighted by molar-refractivity contribution is 7.17. The Hall–Kier alpha value is -1.87. The number of nitrogens with zero attached hydrogens (tertiary/aromatic N) is 1. The highest BCUT2D eigenvalue weighted by Crippen LogP contribution is 2.37. The van der Waals surface area contributed by atoms with Gasteiger partial charge in [-0.05, 0) is 29.5 Å². The number of fused-ring (bicyclic) bond motifs is 1. The third-order valence-electron chi connectivity index (χ3n) is 3.26. The predicted molar refractivity (Wildman–Crippen MR) is 83.6 cm³/mol. The summed E-state index contributed by atoms with van der Waals surface area (Å²) in [6, 6.07) is 12.5. The van der Waals surface area contributed by atoms with Crippen molar-refractivity contribution in [2.75, 3.05) is 5.73 Å². The van der Waals surface area contributed by atoms with Crippen LogP contribution in [0.1, 0.15) is 25.5 Å². The third kappa shape index (κ3) is 2.10. The molecular formula is C16H16N2S. The number of aromatic nitrogens is 1. The summed E-state index contributed by atoms with van der Waals surface area (Å²) in [5.41, 5.74) is 9.35. The van der Waals surface area contributed by atoms with Crippen molar-refractivity contribution in [3.05, 3.63) is 47.5 Å². The van der Waals surface area contributed by atoms with E-state index in [9.17, 15) is 0 Å². The van der Waals surface area contributed by atoms with Crippen molar-refractivity contribution >= 4 is 27.2 Å². The molecule has 0 atom stereocenters. The van der Waals surface area contributed by atoms with Gasteiger partial charge < -0.3 is 5.73 Å². The number of nitrogen functional groups attached to an aromatic ring is 1. The van der Waals surface area contributed by atoms with E-state index in [1.165, 1.54) is 21.2 Å². The number of thiophene rings is 1. The lowest BCUT2D eigenvalue weighted by Gasteiger charge is -2.12. The normalized spacial score (nSPS) is 11.3. The van der Waals surface area contributed by atoms with Gasteiger partial charge in [-0.25, -0.2) is 4.98 Å². The Kier molecular flexibility index (Phi) is 2.99.